The number of phenolic OH excluding ortho intramolecular Hbond substituents is 1. The molecular weight excluding hydrogens is 200 g/mol. The molecule has 0 saturated carbocycles. The molecule has 1 rings (SSSR count). The first-order valence-electron chi connectivity index (χ1n) is 5.98. The van der Waals surface area contributed by atoms with Crippen LogP contribution < -0.4 is 4.74 Å². The molecule has 0 unspecified atom stereocenters. The summed E-state index contributed by atoms with van der Waals surface area (Å²) in [6.45, 7) is 10.3. The van der Waals surface area contributed by atoms with E-state index >= 15 is 0 Å². The molecule has 0 radical (unpaired) electrons. The van der Waals surface area contributed by atoms with E-state index in [1.807, 2.05) is 32.9 Å². The predicted molar refractivity (Wildman–Crippen MR) is 67.3 cm³/mol. The van der Waals surface area contributed by atoms with Gasteiger partial charge in [-0.25, -0.2) is 0 Å². The molecule has 0 amide bonds. The molecule has 0 aromatic heterocycles. The van der Waals surface area contributed by atoms with Gasteiger partial charge in [0.2, 0.25) is 0 Å². The molecule has 0 spiro atoms. The Morgan fingerprint density at radius 2 is 1.81 bits per heavy atom. The third-order valence-corrected chi connectivity index (χ3v) is 2.58. The van der Waals surface area contributed by atoms with Gasteiger partial charge in [-0.3, -0.25) is 0 Å². The Hall–Kier alpha value is -1.18. The second kappa shape index (κ2) is 5.24. The Labute approximate surface area is 98.3 Å². The normalized spacial score (nSPS) is 11.2. The van der Waals surface area contributed by atoms with Crippen molar-refractivity contribution in [2.75, 3.05) is 0 Å². The van der Waals surface area contributed by atoms with Crippen molar-refractivity contribution < 1.29 is 9.84 Å². The molecular formula is C14H22O2. The van der Waals surface area contributed by atoms with E-state index in [0.717, 1.165) is 23.3 Å². The predicted octanol–water partition coefficient (Wildman–Crippen LogP) is 3.87. The summed E-state index contributed by atoms with van der Waals surface area (Å²) < 4.78 is 5.79. The number of hydrogen-bond donors (Lipinski definition) is 1. The topological polar surface area (TPSA) is 29.5 Å². The number of rotatable bonds is 4. The highest BCUT2D eigenvalue weighted by atomic mass is 16.5. The summed E-state index contributed by atoms with van der Waals surface area (Å²) in [4.78, 5) is 0. The average molecular weight is 222 g/mol. The molecule has 1 aromatic rings. The van der Waals surface area contributed by atoms with Crippen molar-refractivity contribution in [2.45, 2.75) is 53.1 Å². The number of benzene rings is 1. The van der Waals surface area contributed by atoms with Crippen LogP contribution in [-0.4, -0.2) is 11.2 Å². The first kappa shape index (κ1) is 12.9. The van der Waals surface area contributed by atoms with Gasteiger partial charge in [0.25, 0.3) is 0 Å². The molecule has 1 N–H and O–H groups in total. The van der Waals surface area contributed by atoms with E-state index in [0.29, 0.717) is 11.7 Å². The van der Waals surface area contributed by atoms with Gasteiger partial charge in [0.05, 0.1) is 6.10 Å². The maximum absolute atomic E-state index is 9.84. The average Bonchev–Trinajstić information content (AvgIpc) is 2.19. The van der Waals surface area contributed by atoms with Crippen LogP contribution in [0.3, 0.4) is 0 Å². The van der Waals surface area contributed by atoms with Gasteiger partial charge in [-0.1, -0.05) is 20.8 Å². The van der Waals surface area contributed by atoms with Crippen LogP contribution >= 0.6 is 0 Å². The molecule has 0 saturated heterocycles. The second-order valence-corrected chi connectivity index (χ2v) is 4.69. The molecule has 0 aliphatic heterocycles. The lowest BCUT2D eigenvalue weighted by atomic mass is 9.98. The highest BCUT2D eigenvalue weighted by Gasteiger charge is 2.13. The highest BCUT2D eigenvalue weighted by molar-refractivity contribution is 5.47. The number of ether oxygens (including phenoxy) is 1. The van der Waals surface area contributed by atoms with E-state index in [-0.39, 0.29) is 6.10 Å². The van der Waals surface area contributed by atoms with Gasteiger partial charge < -0.3 is 9.84 Å². The van der Waals surface area contributed by atoms with Crippen LogP contribution in [0, 0.1) is 0 Å². The molecule has 0 heterocycles. The summed E-state index contributed by atoms with van der Waals surface area (Å²) in [6, 6.07) is 3.80. The second-order valence-electron chi connectivity index (χ2n) is 4.69. The maximum atomic E-state index is 9.84. The Morgan fingerprint density at radius 1 is 1.19 bits per heavy atom. The van der Waals surface area contributed by atoms with Crippen molar-refractivity contribution in [1.29, 1.82) is 0 Å². The van der Waals surface area contributed by atoms with Gasteiger partial charge in [0.15, 0.2) is 0 Å². The van der Waals surface area contributed by atoms with Crippen LogP contribution in [0.1, 0.15) is 51.7 Å². The first-order valence-corrected chi connectivity index (χ1v) is 5.98. The SMILES string of the molecule is CCc1cc(OC(C)C)c(C(C)C)cc1O. The summed E-state index contributed by atoms with van der Waals surface area (Å²) in [5.74, 6) is 1.63. The quantitative estimate of drug-likeness (QED) is 0.838. The summed E-state index contributed by atoms with van der Waals surface area (Å²) in [6.07, 6.45) is 0.977. The molecule has 0 fully saturated rings. The standard InChI is InChI=1S/C14H22O2/c1-6-11-7-14(16-10(4)5)12(9(2)3)8-13(11)15/h7-10,15H,6H2,1-5H3. The van der Waals surface area contributed by atoms with Gasteiger partial charge >= 0.3 is 0 Å². The van der Waals surface area contributed by atoms with Crippen molar-refractivity contribution >= 4 is 0 Å². The zero-order valence-electron chi connectivity index (χ0n) is 10.9. The van der Waals surface area contributed by atoms with Crippen molar-refractivity contribution in [1.82, 2.24) is 0 Å². The van der Waals surface area contributed by atoms with Crippen molar-refractivity contribution in [3.8, 4) is 11.5 Å². The van der Waals surface area contributed by atoms with Crippen LogP contribution in [0.2, 0.25) is 0 Å². The Kier molecular flexibility index (Phi) is 4.22. The largest absolute Gasteiger partial charge is 0.508 e. The van der Waals surface area contributed by atoms with Crippen LogP contribution in [0.4, 0.5) is 0 Å². The molecule has 2 heteroatoms. The number of phenols is 1. The van der Waals surface area contributed by atoms with Crippen molar-refractivity contribution in [3.63, 3.8) is 0 Å². The van der Waals surface area contributed by atoms with Gasteiger partial charge in [-0.05, 0) is 43.9 Å². The third-order valence-electron chi connectivity index (χ3n) is 2.58. The zero-order chi connectivity index (χ0) is 12.3. The lowest BCUT2D eigenvalue weighted by molar-refractivity contribution is 0.238. The molecule has 0 aliphatic rings. The fraction of sp³-hybridized carbons (Fsp3) is 0.571. The van der Waals surface area contributed by atoms with Gasteiger partial charge in [0.1, 0.15) is 11.5 Å². The minimum absolute atomic E-state index is 0.159. The smallest absolute Gasteiger partial charge is 0.123 e. The Balaban J connectivity index is 3.19. The van der Waals surface area contributed by atoms with Crippen molar-refractivity contribution in [2.24, 2.45) is 0 Å². The van der Waals surface area contributed by atoms with E-state index in [9.17, 15) is 5.11 Å². The van der Waals surface area contributed by atoms with E-state index < -0.39 is 0 Å². The first-order chi connectivity index (χ1) is 7.45. The van der Waals surface area contributed by atoms with E-state index in [4.69, 9.17) is 4.74 Å². The molecule has 2 nitrogen and oxygen atoms in total. The van der Waals surface area contributed by atoms with E-state index in [2.05, 4.69) is 13.8 Å². The van der Waals surface area contributed by atoms with Gasteiger partial charge in [-0.2, -0.15) is 0 Å². The van der Waals surface area contributed by atoms with E-state index in [1.54, 1.807) is 0 Å². The lowest BCUT2D eigenvalue weighted by Gasteiger charge is -2.18. The minimum Gasteiger partial charge on any atom is -0.508 e. The highest BCUT2D eigenvalue weighted by Crippen LogP contribution is 2.33. The molecule has 1 aromatic carbocycles. The summed E-state index contributed by atoms with van der Waals surface area (Å²) in [5, 5.41) is 9.84. The minimum atomic E-state index is 0.159. The Morgan fingerprint density at radius 3 is 2.25 bits per heavy atom. The van der Waals surface area contributed by atoms with Crippen LogP contribution in [0.5, 0.6) is 11.5 Å². The van der Waals surface area contributed by atoms with Crippen LogP contribution in [-0.2, 0) is 6.42 Å². The molecule has 16 heavy (non-hydrogen) atoms. The van der Waals surface area contributed by atoms with Crippen LogP contribution in [0.15, 0.2) is 12.1 Å². The fourth-order valence-electron chi connectivity index (χ4n) is 1.72. The summed E-state index contributed by atoms with van der Waals surface area (Å²) in [7, 11) is 0. The molecule has 0 atom stereocenters. The van der Waals surface area contributed by atoms with Gasteiger partial charge in [-0.15, -0.1) is 0 Å². The Bertz CT molecular complexity index is 354. The fourth-order valence-corrected chi connectivity index (χ4v) is 1.72. The molecule has 90 valence electrons. The lowest BCUT2D eigenvalue weighted by Crippen LogP contribution is -2.08. The van der Waals surface area contributed by atoms with Crippen LogP contribution in [0.25, 0.3) is 0 Å². The van der Waals surface area contributed by atoms with Gasteiger partial charge in [0, 0.05) is 5.56 Å². The number of hydrogen-bond acceptors (Lipinski definition) is 2. The molecule has 0 bridgehead atoms. The number of aryl methyl sites for hydroxylation is 1. The summed E-state index contributed by atoms with van der Waals surface area (Å²) >= 11 is 0. The maximum Gasteiger partial charge on any atom is 0.123 e. The number of aromatic hydroxyl groups is 1. The monoisotopic (exact) mass is 222 g/mol. The van der Waals surface area contributed by atoms with E-state index in [1.165, 1.54) is 0 Å². The zero-order valence-corrected chi connectivity index (χ0v) is 10.9. The molecule has 0 aliphatic carbocycles. The summed E-state index contributed by atoms with van der Waals surface area (Å²) in [5.41, 5.74) is 2.02. The van der Waals surface area contributed by atoms with Crippen molar-refractivity contribution in [3.05, 3.63) is 23.3 Å². The third kappa shape index (κ3) is 2.91.